The zero-order valence-corrected chi connectivity index (χ0v) is 15.5. The number of rotatable bonds is 4. The van der Waals surface area contributed by atoms with Crippen molar-refractivity contribution in [1.29, 1.82) is 0 Å². The van der Waals surface area contributed by atoms with E-state index in [0.717, 1.165) is 6.42 Å². The molecule has 1 aliphatic carbocycles. The van der Waals surface area contributed by atoms with Gasteiger partial charge >= 0.3 is 0 Å². The highest BCUT2D eigenvalue weighted by Crippen LogP contribution is 2.51. The third-order valence-electron chi connectivity index (χ3n) is 5.24. The molecule has 3 rings (SSSR count). The number of halogens is 2. The molecule has 2 aliphatic rings. The second-order valence-corrected chi connectivity index (χ2v) is 8.11. The Morgan fingerprint density at radius 2 is 1.92 bits per heavy atom. The molecule has 7 heteroatoms. The number of hydroxylamine groups is 2. The Labute approximate surface area is 152 Å². The SMILES string of the molecule is CC1CCC(C(C)C)C(N2OC2c2c(Cl)cc([N+](=O)[O-])cc2Cl)C1. The number of hydrogen-bond donors (Lipinski definition) is 0. The fourth-order valence-electron chi connectivity index (χ4n) is 3.88. The van der Waals surface area contributed by atoms with Crippen LogP contribution in [0.1, 0.15) is 51.8 Å². The van der Waals surface area contributed by atoms with Gasteiger partial charge in [-0.25, -0.2) is 0 Å². The Morgan fingerprint density at radius 1 is 1.29 bits per heavy atom. The van der Waals surface area contributed by atoms with Crippen LogP contribution in [0.2, 0.25) is 10.0 Å². The van der Waals surface area contributed by atoms with Crippen molar-refractivity contribution in [3.8, 4) is 0 Å². The molecule has 1 saturated carbocycles. The number of benzene rings is 1. The van der Waals surface area contributed by atoms with E-state index in [1.807, 2.05) is 5.06 Å². The maximum Gasteiger partial charge on any atom is 0.272 e. The molecule has 5 nitrogen and oxygen atoms in total. The largest absolute Gasteiger partial charge is 0.272 e. The summed E-state index contributed by atoms with van der Waals surface area (Å²) in [6.07, 6.45) is 3.22. The monoisotopic (exact) mass is 372 g/mol. The minimum atomic E-state index is -0.495. The molecular formula is C17H22Cl2N2O3. The second kappa shape index (κ2) is 6.79. The summed E-state index contributed by atoms with van der Waals surface area (Å²) in [5.74, 6) is 1.81. The predicted octanol–water partition coefficient (Wildman–Crippen LogP) is 5.61. The standard InChI is InChI=1S/C17H22Cl2N2O3/c1-9(2)12-5-4-10(3)6-15(12)20-17(24-20)16-13(18)7-11(21(22)23)8-14(16)19/h7-10,12,15,17H,4-6H2,1-3H3. The van der Waals surface area contributed by atoms with Crippen molar-refractivity contribution >= 4 is 28.9 Å². The van der Waals surface area contributed by atoms with E-state index in [9.17, 15) is 10.1 Å². The zero-order chi connectivity index (χ0) is 17.6. The quantitative estimate of drug-likeness (QED) is 0.391. The van der Waals surface area contributed by atoms with Crippen molar-refractivity contribution in [3.63, 3.8) is 0 Å². The fraction of sp³-hybridized carbons (Fsp3) is 0.647. The van der Waals surface area contributed by atoms with Crippen molar-refractivity contribution in [2.45, 2.75) is 52.3 Å². The normalized spacial score (nSPS) is 32.8. The highest BCUT2D eigenvalue weighted by Gasteiger charge is 2.50. The minimum absolute atomic E-state index is 0.104. The van der Waals surface area contributed by atoms with Crippen molar-refractivity contribution in [2.75, 3.05) is 0 Å². The van der Waals surface area contributed by atoms with Gasteiger partial charge in [-0.3, -0.25) is 15.0 Å². The molecule has 0 spiro atoms. The Kier molecular flexibility index (Phi) is 5.07. The van der Waals surface area contributed by atoms with Gasteiger partial charge < -0.3 is 0 Å². The van der Waals surface area contributed by atoms with Crippen LogP contribution in [-0.2, 0) is 4.84 Å². The lowest BCUT2D eigenvalue weighted by atomic mass is 9.74. The van der Waals surface area contributed by atoms with Crippen LogP contribution in [-0.4, -0.2) is 16.0 Å². The van der Waals surface area contributed by atoms with Gasteiger partial charge in [0, 0.05) is 23.7 Å². The highest BCUT2D eigenvalue weighted by molar-refractivity contribution is 6.36. The summed E-state index contributed by atoms with van der Waals surface area (Å²) in [5, 5.41) is 13.5. The van der Waals surface area contributed by atoms with E-state index in [1.54, 1.807) is 0 Å². The van der Waals surface area contributed by atoms with Gasteiger partial charge in [-0.05, 0) is 30.6 Å². The van der Waals surface area contributed by atoms with Crippen LogP contribution in [0.25, 0.3) is 0 Å². The molecule has 132 valence electrons. The fourth-order valence-corrected chi connectivity index (χ4v) is 4.54. The van der Waals surface area contributed by atoms with Crippen LogP contribution in [0, 0.1) is 27.9 Å². The van der Waals surface area contributed by atoms with Crippen LogP contribution in [0.5, 0.6) is 0 Å². The van der Waals surface area contributed by atoms with Gasteiger partial charge in [-0.15, -0.1) is 5.06 Å². The van der Waals surface area contributed by atoms with Gasteiger partial charge in [0.25, 0.3) is 5.69 Å². The third-order valence-corrected chi connectivity index (χ3v) is 5.87. The van der Waals surface area contributed by atoms with E-state index in [4.69, 9.17) is 28.0 Å². The van der Waals surface area contributed by atoms with Crippen LogP contribution >= 0.6 is 23.2 Å². The number of non-ortho nitro benzene ring substituents is 1. The van der Waals surface area contributed by atoms with E-state index in [0.29, 0.717) is 29.4 Å². The van der Waals surface area contributed by atoms with Crippen molar-refractivity contribution in [1.82, 2.24) is 5.06 Å². The summed E-state index contributed by atoms with van der Waals surface area (Å²) >= 11 is 12.5. The number of nitrogens with zero attached hydrogens (tertiary/aromatic N) is 2. The molecule has 24 heavy (non-hydrogen) atoms. The highest BCUT2D eigenvalue weighted by atomic mass is 35.5. The molecule has 0 radical (unpaired) electrons. The first-order valence-corrected chi connectivity index (χ1v) is 9.13. The van der Waals surface area contributed by atoms with Gasteiger partial charge in [-0.2, -0.15) is 0 Å². The van der Waals surface area contributed by atoms with Crippen molar-refractivity contribution in [2.24, 2.45) is 17.8 Å². The average molecular weight is 373 g/mol. The lowest BCUT2D eigenvalue weighted by molar-refractivity contribution is -0.384. The van der Waals surface area contributed by atoms with E-state index in [2.05, 4.69) is 20.8 Å². The number of nitro groups is 1. The van der Waals surface area contributed by atoms with Crippen LogP contribution in [0.4, 0.5) is 5.69 Å². The molecule has 2 fully saturated rings. The summed E-state index contributed by atoms with van der Waals surface area (Å²) in [6, 6.07) is 3.01. The molecule has 5 atom stereocenters. The van der Waals surface area contributed by atoms with E-state index in [1.165, 1.54) is 25.0 Å². The molecule has 1 aromatic carbocycles. The van der Waals surface area contributed by atoms with E-state index < -0.39 is 4.92 Å². The van der Waals surface area contributed by atoms with Gasteiger partial charge in [-0.1, -0.05) is 50.4 Å². The Hall–Kier alpha value is -0.880. The molecule has 0 N–H and O–H groups in total. The van der Waals surface area contributed by atoms with E-state index >= 15 is 0 Å². The molecular weight excluding hydrogens is 351 g/mol. The number of nitro benzene ring substituents is 1. The Balaban J connectivity index is 1.82. The molecule has 0 bridgehead atoms. The predicted molar refractivity (Wildman–Crippen MR) is 93.9 cm³/mol. The third kappa shape index (κ3) is 3.40. The van der Waals surface area contributed by atoms with Crippen LogP contribution < -0.4 is 0 Å². The van der Waals surface area contributed by atoms with Crippen LogP contribution in [0.15, 0.2) is 12.1 Å². The first kappa shape index (κ1) is 17.9. The zero-order valence-electron chi connectivity index (χ0n) is 14.0. The maximum absolute atomic E-state index is 10.9. The minimum Gasteiger partial charge on any atom is -0.269 e. The molecule has 1 aromatic rings. The Bertz CT molecular complexity index is 630. The van der Waals surface area contributed by atoms with Crippen molar-refractivity contribution in [3.05, 3.63) is 37.9 Å². The first-order valence-electron chi connectivity index (χ1n) is 8.38. The molecule has 1 saturated heterocycles. The van der Waals surface area contributed by atoms with Crippen LogP contribution in [0.3, 0.4) is 0 Å². The lowest BCUT2D eigenvalue weighted by Crippen LogP contribution is -2.37. The smallest absolute Gasteiger partial charge is 0.269 e. The molecule has 0 aromatic heterocycles. The number of hydrogen-bond acceptors (Lipinski definition) is 4. The summed E-state index contributed by atoms with van der Waals surface area (Å²) in [7, 11) is 0. The van der Waals surface area contributed by atoms with Crippen molar-refractivity contribution < 1.29 is 9.76 Å². The van der Waals surface area contributed by atoms with E-state index in [-0.39, 0.29) is 22.0 Å². The summed E-state index contributed by atoms with van der Waals surface area (Å²) < 4.78 is 0. The van der Waals surface area contributed by atoms with Gasteiger partial charge in [0.2, 0.25) is 0 Å². The molecule has 0 amide bonds. The molecule has 5 unspecified atom stereocenters. The van der Waals surface area contributed by atoms with Gasteiger partial charge in [0.1, 0.15) is 0 Å². The first-order chi connectivity index (χ1) is 11.3. The van der Waals surface area contributed by atoms with Gasteiger partial charge in [0.05, 0.1) is 15.0 Å². The lowest BCUT2D eigenvalue weighted by Gasteiger charge is -2.37. The molecule has 1 aliphatic heterocycles. The topological polar surface area (TPSA) is 58.7 Å². The summed E-state index contributed by atoms with van der Waals surface area (Å²) in [5.41, 5.74) is 0.525. The molecule has 1 heterocycles. The van der Waals surface area contributed by atoms with Gasteiger partial charge in [0.15, 0.2) is 6.23 Å². The Morgan fingerprint density at radius 3 is 2.46 bits per heavy atom. The average Bonchev–Trinajstić information content (AvgIpc) is 3.26. The summed E-state index contributed by atoms with van der Waals surface area (Å²) in [4.78, 5) is 16.2. The maximum atomic E-state index is 10.9. The summed E-state index contributed by atoms with van der Waals surface area (Å²) in [6.45, 7) is 6.77. The second-order valence-electron chi connectivity index (χ2n) is 7.29.